The monoisotopic (exact) mass is 374 g/mol. The Hall–Kier alpha value is -2.47. The molecule has 0 aliphatic heterocycles. The predicted molar refractivity (Wildman–Crippen MR) is 90.9 cm³/mol. The lowest BCUT2D eigenvalue weighted by atomic mass is 10.2. The van der Waals surface area contributed by atoms with Gasteiger partial charge < -0.3 is 9.88 Å². The van der Waals surface area contributed by atoms with E-state index in [1.54, 1.807) is 16.7 Å². The summed E-state index contributed by atoms with van der Waals surface area (Å²) in [6.07, 6.45) is 1.53. The minimum absolute atomic E-state index is 0.0227. The number of carbonyl (C=O) groups is 1. The number of aromatic nitrogens is 1. The number of anilines is 1. The van der Waals surface area contributed by atoms with Gasteiger partial charge in [-0.05, 0) is 36.4 Å². The topological polar surface area (TPSA) is 51.1 Å². The first-order chi connectivity index (χ1) is 11.0. The number of pyridine rings is 1. The fraction of sp³-hybridized carbons (Fsp3) is 0.0588. The smallest absolute Gasteiger partial charge is 0.244 e. The van der Waals surface area contributed by atoms with Crippen molar-refractivity contribution in [1.82, 2.24) is 4.57 Å². The Labute approximate surface area is 139 Å². The van der Waals surface area contributed by atoms with Crippen LogP contribution in [0.15, 0.2) is 64.0 Å². The summed E-state index contributed by atoms with van der Waals surface area (Å²) < 4.78 is 15.8. The normalized spacial score (nSPS) is 10.7. The van der Waals surface area contributed by atoms with E-state index in [2.05, 4.69) is 21.2 Å². The molecule has 0 fully saturated rings. The molecule has 1 N–H and O–H groups in total. The molecular weight excluding hydrogens is 363 g/mol. The van der Waals surface area contributed by atoms with E-state index >= 15 is 0 Å². The number of hydrogen-bond acceptors (Lipinski definition) is 2. The van der Waals surface area contributed by atoms with Gasteiger partial charge in [0.1, 0.15) is 12.4 Å². The molecule has 0 bridgehead atoms. The third-order valence-electron chi connectivity index (χ3n) is 3.36. The summed E-state index contributed by atoms with van der Waals surface area (Å²) in [6.45, 7) is 0.0227. The Bertz CT molecular complexity index is 953. The van der Waals surface area contributed by atoms with Crippen molar-refractivity contribution in [2.75, 3.05) is 5.32 Å². The quantitative estimate of drug-likeness (QED) is 0.762. The lowest BCUT2D eigenvalue weighted by Crippen LogP contribution is -2.20. The van der Waals surface area contributed by atoms with Gasteiger partial charge in [0, 0.05) is 27.8 Å². The summed E-state index contributed by atoms with van der Waals surface area (Å²) in [7, 11) is 0. The maximum atomic E-state index is 13.3. The highest BCUT2D eigenvalue weighted by atomic mass is 79.9. The van der Waals surface area contributed by atoms with E-state index in [1.807, 2.05) is 12.1 Å². The van der Waals surface area contributed by atoms with E-state index in [0.29, 0.717) is 11.2 Å². The van der Waals surface area contributed by atoms with Gasteiger partial charge in [-0.15, -0.1) is 0 Å². The number of carbonyl (C=O) groups excluding carboxylic acids is 1. The predicted octanol–water partition coefficient (Wildman–Crippen LogP) is 3.54. The number of rotatable bonds is 3. The molecule has 0 saturated heterocycles. The molecule has 0 spiro atoms. The van der Waals surface area contributed by atoms with E-state index < -0.39 is 5.82 Å². The Morgan fingerprint density at radius 2 is 2.00 bits per heavy atom. The average Bonchev–Trinajstić information content (AvgIpc) is 2.50. The third-order valence-corrected chi connectivity index (χ3v) is 3.85. The molecule has 0 radical (unpaired) electrons. The number of benzene rings is 2. The van der Waals surface area contributed by atoms with Crippen molar-refractivity contribution < 1.29 is 9.18 Å². The van der Waals surface area contributed by atoms with E-state index in [4.69, 9.17) is 0 Å². The zero-order valence-corrected chi connectivity index (χ0v) is 13.5. The van der Waals surface area contributed by atoms with Crippen molar-refractivity contribution in [3.63, 3.8) is 0 Å². The minimum atomic E-state index is -0.481. The third kappa shape index (κ3) is 3.48. The molecule has 0 saturated carbocycles. The van der Waals surface area contributed by atoms with Crippen molar-refractivity contribution in [3.8, 4) is 0 Å². The van der Waals surface area contributed by atoms with Gasteiger partial charge >= 0.3 is 0 Å². The van der Waals surface area contributed by atoms with E-state index in [0.717, 1.165) is 4.47 Å². The van der Waals surface area contributed by atoms with Crippen LogP contribution in [0.3, 0.4) is 0 Å². The first-order valence-corrected chi connectivity index (χ1v) is 7.66. The molecule has 1 heterocycles. The summed E-state index contributed by atoms with van der Waals surface area (Å²) in [6, 6.07) is 12.5. The van der Waals surface area contributed by atoms with Crippen LogP contribution < -0.4 is 10.7 Å². The maximum Gasteiger partial charge on any atom is 0.244 e. The zero-order chi connectivity index (χ0) is 16.4. The van der Waals surface area contributed by atoms with Crippen molar-refractivity contribution in [2.24, 2.45) is 0 Å². The zero-order valence-electron chi connectivity index (χ0n) is 11.9. The van der Waals surface area contributed by atoms with Gasteiger partial charge in [0.05, 0.1) is 5.52 Å². The lowest BCUT2D eigenvalue weighted by Gasteiger charge is -2.11. The van der Waals surface area contributed by atoms with Crippen LogP contribution in [0.2, 0.25) is 0 Å². The second-order valence-electron chi connectivity index (χ2n) is 5.03. The van der Waals surface area contributed by atoms with Crippen LogP contribution >= 0.6 is 15.9 Å². The van der Waals surface area contributed by atoms with E-state index in [1.165, 1.54) is 30.5 Å². The highest BCUT2D eigenvalue weighted by Crippen LogP contribution is 2.16. The second-order valence-corrected chi connectivity index (χ2v) is 5.94. The van der Waals surface area contributed by atoms with Crippen molar-refractivity contribution >= 4 is 38.4 Å². The molecule has 23 heavy (non-hydrogen) atoms. The van der Waals surface area contributed by atoms with Crippen LogP contribution in [0.5, 0.6) is 0 Å². The average molecular weight is 375 g/mol. The molecular formula is C17H12BrFN2O2. The number of hydrogen-bond donors (Lipinski definition) is 1. The Morgan fingerprint density at radius 1 is 1.17 bits per heavy atom. The SMILES string of the molecule is O=C(Cn1ccc(=O)c2cc(F)ccc21)Nc1cccc(Br)c1. The largest absolute Gasteiger partial charge is 0.338 e. The Kier molecular flexibility index (Phi) is 4.25. The molecule has 6 heteroatoms. The number of nitrogens with one attached hydrogen (secondary N) is 1. The number of halogens is 2. The van der Waals surface area contributed by atoms with Gasteiger partial charge in [-0.2, -0.15) is 0 Å². The summed E-state index contributed by atoms with van der Waals surface area (Å²) in [5, 5.41) is 3.03. The van der Waals surface area contributed by atoms with Crippen molar-refractivity contribution in [3.05, 3.63) is 75.2 Å². The molecule has 1 amide bonds. The molecule has 0 aliphatic rings. The van der Waals surface area contributed by atoms with Gasteiger partial charge in [-0.1, -0.05) is 22.0 Å². The molecule has 0 atom stereocenters. The lowest BCUT2D eigenvalue weighted by molar-refractivity contribution is -0.116. The van der Waals surface area contributed by atoms with Crippen LogP contribution in [0.1, 0.15) is 0 Å². The van der Waals surface area contributed by atoms with Crippen LogP contribution in [-0.4, -0.2) is 10.5 Å². The fourth-order valence-electron chi connectivity index (χ4n) is 2.34. The van der Waals surface area contributed by atoms with E-state index in [9.17, 15) is 14.0 Å². The molecule has 116 valence electrons. The van der Waals surface area contributed by atoms with Crippen LogP contribution in [0.25, 0.3) is 10.9 Å². The highest BCUT2D eigenvalue weighted by Gasteiger charge is 2.08. The van der Waals surface area contributed by atoms with Crippen molar-refractivity contribution in [1.29, 1.82) is 0 Å². The van der Waals surface area contributed by atoms with Gasteiger partial charge in [0.25, 0.3) is 0 Å². The maximum absolute atomic E-state index is 13.3. The first kappa shape index (κ1) is 15.4. The number of amides is 1. The summed E-state index contributed by atoms with van der Waals surface area (Å²) >= 11 is 3.34. The summed E-state index contributed by atoms with van der Waals surface area (Å²) in [4.78, 5) is 24.0. The summed E-state index contributed by atoms with van der Waals surface area (Å²) in [5.74, 6) is -0.719. The Balaban J connectivity index is 1.88. The Morgan fingerprint density at radius 3 is 2.78 bits per heavy atom. The van der Waals surface area contributed by atoms with Crippen LogP contribution in [0.4, 0.5) is 10.1 Å². The van der Waals surface area contributed by atoms with Crippen LogP contribution in [-0.2, 0) is 11.3 Å². The standard InChI is InChI=1S/C17H12BrFN2O2/c18-11-2-1-3-13(8-11)20-17(23)10-21-7-6-16(22)14-9-12(19)4-5-15(14)21/h1-9H,10H2,(H,20,23). The van der Waals surface area contributed by atoms with Gasteiger partial charge in [0.2, 0.25) is 5.91 Å². The minimum Gasteiger partial charge on any atom is -0.338 e. The fourth-order valence-corrected chi connectivity index (χ4v) is 2.74. The molecule has 4 nitrogen and oxygen atoms in total. The van der Waals surface area contributed by atoms with Gasteiger partial charge in [-0.25, -0.2) is 4.39 Å². The number of fused-ring (bicyclic) bond motifs is 1. The summed E-state index contributed by atoms with van der Waals surface area (Å²) in [5.41, 5.74) is 0.909. The first-order valence-electron chi connectivity index (χ1n) is 6.87. The molecule has 2 aromatic carbocycles. The molecule has 0 unspecified atom stereocenters. The van der Waals surface area contributed by atoms with Gasteiger partial charge in [0.15, 0.2) is 5.43 Å². The second kappa shape index (κ2) is 6.34. The molecule has 3 rings (SSSR count). The molecule has 0 aliphatic carbocycles. The molecule has 3 aromatic rings. The number of nitrogens with zero attached hydrogens (tertiary/aromatic N) is 1. The van der Waals surface area contributed by atoms with E-state index in [-0.39, 0.29) is 23.3 Å². The van der Waals surface area contributed by atoms with Crippen molar-refractivity contribution in [2.45, 2.75) is 6.54 Å². The molecule has 1 aromatic heterocycles. The van der Waals surface area contributed by atoms with Gasteiger partial charge in [-0.3, -0.25) is 9.59 Å². The highest BCUT2D eigenvalue weighted by molar-refractivity contribution is 9.10. The van der Waals surface area contributed by atoms with Crippen LogP contribution in [0, 0.1) is 5.82 Å².